The lowest BCUT2D eigenvalue weighted by Gasteiger charge is -1.79. The molecule has 1 radical (unpaired) electrons. The second-order valence-electron chi connectivity index (χ2n) is 0.967. The average Bonchev–Trinajstić information content (AvgIpc) is 1.81. The van der Waals surface area contributed by atoms with Crippen LogP contribution in [0.3, 0.4) is 0 Å². The fourth-order valence-corrected chi connectivity index (χ4v) is 0.199. The highest BCUT2D eigenvalue weighted by Crippen LogP contribution is 1.50. The fourth-order valence-electron chi connectivity index (χ4n) is 0.199. The standard InChI is InChI=1S/C5H6NO2/c7-4-2-1-3-6-5-8/h7H,3-4H2,(H,6,8). The van der Waals surface area contributed by atoms with E-state index in [-0.39, 0.29) is 13.2 Å². The summed E-state index contributed by atoms with van der Waals surface area (Å²) in [5, 5.41) is 10.3. The molecule has 3 heteroatoms. The molecule has 0 rings (SSSR count). The van der Waals surface area contributed by atoms with Gasteiger partial charge in [-0.25, -0.2) is 0 Å². The van der Waals surface area contributed by atoms with Crippen LogP contribution >= 0.6 is 0 Å². The van der Waals surface area contributed by atoms with Crippen molar-refractivity contribution in [3.8, 4) is 11.8 Å². The van der Waals surface area contributed by atoms with Crippen LogP contribution in [-0.2, 0) is 4.79 Å². The minimum absolute atomic E-state index is 0.166. The van der Waals surface area contributed by atoms with E-state index in [1.807, 2.05) is 0 Å². The molecule has 0 saturated carbocycles. The molecule has 0 saturated heterocycles. The molecular weight excluding hydrogens is 106 g/mol. The van der Waals surface area contributed by atoms with Crippen LogP contribution in [0, 0.1) is 11.8 Å². The number of rotatable bonds is 2. The molecule has 0 aliphatic heterocycles. The lowest BCUT2D eigenvalue weighted by molar-refractivity contribution is 0.350. The topological polar surface area (TPSA) is 49.3 Å². The number of nitrogens with one attached hydrogen (secondary N) is 1. The van der Waals surface area contributed by atoms with Gasteiger partial charge in [0.2, 0.25) is 0 Å². The average molecular weight is 112 g/mol. The third-order valence-electron chi connectivity index (χ3n) is 0.453. The van der Waals surface area contributed by atoms with Crippen molar-refractivity contribution in [1.29, 1.82) is 0 Å². The van der Waals surface area contributed by atoms with Crippen LogP contribution in [0.4, 0.5) is 0 Å². The first-order valence-corrected chi connectivity index (χ1v) is 2.08. The molecule has 0 aromatic rings. The van der Waals surface area contributed by atoms with E-state index >= 15 is 0 Å². The molecule has 3 nitrogen and oxygen atoms in total. The molecule has 0 spiro atoms. The van der Waals surface area contributed by atoms with E-state index in [2.05, 4.69) is 17.2 Å². The molecule has 0 aliphatic rings. The third kappa shape index (κ3) is 4.99. The summed E-state index contributed by atoms with van der Waals surface area (Å²) in [5.74, 6) is 4.81. The molecule has 0 atom stereocenters. The molecule has 0 bridgehead atoms. The van der Waals surface area contributed by atoms with Crippen LogP contribution in [0.1, 0.15) is 0 Å². The smallest absolute Gasteiger partial charge is 0.310 e. The maximum atomic E-state index is 9.40. The monoisotopic (exact) mass is 112 g/mol. The Balaban J connectivity index is 3.02. The Morgan fingerprint density at radius 3 is 2.75 bits per heavy atom. The summed E-state index contributed by atoms with van der Waals surface area (Å²) in [6.45, 7) is 0.0879. The number of aliphatic hydroxyl groups is 1. The molecule has 0 aliphatic carbocycles. The summed E-state index contributed by atoms with van der Waals surface area (Å²) in [5.41, 5.74) is 0. The van der Waals surface area contributed by atoms with Crippen LogP contribution in [0.5, 0.6) is 0 Å². The largest absolute Gasteiger partial charge is 0.384 e. The Kier molecular flexibility index (Phi) is 5.23. The van der Waals surface area contributed by atoms with Gasteiger partial charge in [0, 0.05) is 0 Å². The fraction of sp³-hybridized carbons (Fsp3) is 0.400. The van der Waals surface area contributed by atoms with Gasteiger partial charge in [-0.15, -0.1) is 0 Å². The summed E-state index contributed by atoms with van der Waals surface area (Å²) < 4.78 is 0. The summed E-state index contributed by atoms with van der Waals surface area (Å²) in [6, 6.07) is 0. The highest BCUT2D eigenvalue weighted by atomic mass is 16.2. The second kappa shape index (κ2) is 5.99. The molecule has 0 aromatic heterocycles. The van der Waals surface area contributed by atoms with Gasteiger partial charge in [0.15, 0.2) is 0 Å². The molecule has 0 heterocycles. The Morgan fingerprint density at radius 1 is 1.50 bits per heavy atom. The van der Waals surface area contributed by atoms with E-state index in [4.69, 9.17) is 5.11 Å². The first-order chi connectivity index (χ1) is 3.91. The first kappa shape index (κ1) is 6.99. The van der Waals surface area contributed by atoms with Crippen molar-refractivity contribution >= 4 is 6.41 Å². The predicted molar refractivity (Wildman–Crippen MR) is 28.6 cm³/mol. The van der Waals surface area contributed by atoms with E-state index in [9.17, 15) is 4.79 Å². The van der Waals surface area contributed by atoms with Crippen molar-refractivity contribution in [3.63, 3.8) is 0 Å². The summed E-state index contributed by atoms with van der Waals surface area (Å²) in [7, 11) is 0. The maximum absolute atomic E-state index is 9.40. The van der Waals surface area contributed by atoms with Gasteiger partial charge >= 0.3 is 6.41 Å². The number of amides is 1. The van der Waals surface area contributed by atoms with E-state index in [0.29, 0.717) is 0 Å². The van der Waals surface area contributed by atoms with E-state index in [1.165, 1.54) is 6.41 Å². The highest BCUT2D eigenvalue weighted by Gasteiger charge is 1.69. The highest BCUT2D eigenvalue weighted by molar-refractivity contribution is 5.47. The molecule has 0 unspecified atom stereocenters. The van der Waals surface area contributed by atoms with Gasteiger partial charge in [-0.2, -0.15) is 0 Å². The minimum atomic E-state index is -0.166. The van der Waals surface area contributed by atoms with E-state index in [1.54, 1.807) is 0 Å². The van der Waals surface area contributed by atoms with E-state index < -0.39 is 0 Å². The van der Waals surface area contributed by atoms with Crippen LogP contribution in [0.25, 0.3) is 0 Å². The summed E-state index contributed by atoms with van der Waals surface area (Å²) in [6.07, 6.45) is 1.44. The van der Waals surface area contributed by atoms with Gasteiger partial charge < -0.3 is 10.4 Å². The zero-order valence-electron chi connectivity index (χ0n) is 4.27. The van der Waals surface area contributed by atoms with Crippen molar-refractivity contribution < 1.29 is 9.90 Å². The lowest BCUT2D eigenvalue weighted by Crippen LogP contribution is -2.09. The van der Waals surface area contributed by atoms with Crippen molar-refractivity contribution in [3.05, 3.63) is 0 Å². The Morgan fingerprint density at radius 2 is 2.25 bits per heavy atom. The van der Waals surface area contributed by atoms with Crippen LogP contribution in [-0.4, -0.2) is 24.7 Å². The van der Waals surface area contributed by atoms with Crippen molar-refractivity contribution in [2.75, 3.05) is 13.2 Å². The number of hydrogen-bond acceptors (Lipinski definition) is 2. The normalized spacial score (nSPS) is 6.62. The van der Waals surface area contributed by atoms with Crippen LogP contribution in [0.15, 0.2) is 0 Å². The number of hydrogen-bond donors (Lipinski definition) is 2. The molecule has 8 heavy (non-hydrogen) atoms. The molecule has 2 N–H and O–H groups in total. The van der Waals surface area contributed by atoms with Gasteiger partial charge in [-0.05, 0) is 0 Å². The van der Waals surface area contributed by atoms with Crippen LogP contribution < -0.4 is 5.32 Å². The van der Waals surface area contributed by atoms with Gasteiger partial charge in [-0.1, -0.05) is 11.8 Å². The predicted octanol–water partition coefficient (Wildman–Crippen LogP) is -1.36. The van der Waals surface area contributed by atoms with Crippen molar-refractivity contribution in [2.45, 2.75) is 0 Å². The molecule has 1 amide bonds. The number of aliphatic hydroxyl groups excluding tert-OH is 1. The molecule has 0 aromatic carbocycles. The van der Waals surface area contributed by atoms with Gasteiger partial charge in [-0.3, -0.25) is 4.79 Å². The Labute approximate surface area is 47.7 Å². The number of carbonyl (C=O) groups excluding carboxylic acids is 1. The van der Waals surface area contributed by atoms with E-state index in [0.717, 1.165) is 0 Å². The molecule has 43 valence electrons. The van der Waals surface area contributed by atoms with Gasteiger partial charge in [0.25, 0.3) is 0 Å². The van der Waals surface area contributed by atoms with Gasteiger partial charge in [0.1, 0.15) is 6.61 Å². The minimum Gasteiger partial charge on any atom is -0.384 e. The molecule has 0 fully saturated rings. The molecular formula is C5H6NO2. The first-order valence-electron chi connectivity index (χ1n) is 2.08. The maximum Gasteiger partial charge on any atom is 0.310 e. The SMILES string of the molecule is O=[C]NCC#CCO. The van der Waals surface area contributed by atoms with Crippen molar-refractivity contribution in [2.24, 2.45) is 0 Å². The van der Waals surface area contributed by atoms with Crippen LogP contribution in [0.2, 0.25) is 0 Å². The van der Waals surface area contributed by atoms with Crippen molar-refractivity contribution in [1.82, 2.24) is 5.32 Å². The zero-order chi connectivity index (χ0) is 6.24. The third-order valence-corrected chi connectivity index (χ3v) is 0.453. The zero-order valence-corrected chi connectivity index (χ0v) is 4.27. The Hall–Kier alpha value is -1.01. The quantitative estimate of drug-likeness (QED) is 0.263. The summed E-state index contributed by atoms with van der Waals surface area (Å²) >= 11 is 0. The Bertz CT molecular complexity index is 111. The van der Waals surface area contributed by atoms with Gasteiger partial charge in [0.05, 0.1) is 6.54 Å². The lowest BCUT2D eigenvalue weighted by atomic mass is 10.6. The summed E-state index contributed by atoms with van der Waals surface area (Å²) in [4.78, 5) is 9.40. The second-order valence-corrected chi connectivity index (χ2v) is 0.967.